The third-order valence-corrected chi connectivity index (χ3v) is 7.72. The molecule has 0 aliphatic carbocycles. The van der Waals surface area contributed by atoms with Crippen LogP contribution in [0.1, 0.15) is 72.0 Å². The molecule has 48 heavy (non-hydrogen) atoms. The number of nitrogens with zero attached hydrogens (tertiary/aromatic N) is 3. The lowest BCUT2D eigenvalue weighted by molar-refractivity contribution is -0.154. The molecule has 2 amide bonds. The first-order chi connectivity index (χ1) is 22.6. The van der Waals surface area contributed by atoms with Gasteiger partial charge in [0.05, 0.1) is 23.3 Å². The van der Waals surface area contributed by atoms with E-state index in [9.17, 15) is 31.9 Å². The topological polar surface area (TPSA) is 106 Å². The first-order valence-electron chi connectivity index (χ1n) is 15.6. The molecule has 5 rings (SSSR count). The molecule has 0 unspecified atom stereocenters. The molecule has 254 valence electrons. The number of aryl methyl sites for hydroxylation is 1. The number of hydrogen-bond donors (Lipinski definition) is 2. The first-order valence-corrected chi connectivity index (χ1v) is 15.6. The van der Waals surface area contributed by atoms with Crippen LogP contribution in [0.3, 0.4) is 0 Å². The number of esters is 1. The van der Waals surface area contributed by atoms with E-state index in [2.05, 4.69) is 20.6 Å². The van der Waals surface area contributed by atoms with Crippen molar-refractivity contribution in [3.05, 3.63) is 82.8 Å². The lowest BCUT2D eigenvalue weighted by Crippen LogP contribution is -2.30. The smallest absolute Gasteiger partial charge is 0.408 e. The Kier molecular flexibility index (Phi) is 9.79. The van der Waals surface area contributed by atoms with Crippen LogP contribution < -0.4 is 15.5 Å². The van der Waals surface area contributed by atoms with Gasteiger partial charge < -0.3 is 20.3 Å². The van der Waals surface area contributed by atoms with Gasteiger partial charge in [0, 0.05) is 29.7 Å². The van der Waals surface area contributed by atoms with Crippen LogP contribution in [0.25, 0.3) is 10.9 Å². The SMILES string of the molecule is Cc1ccc2c(c1)c(C(=O)Nc1cc(C(=O)Nc3ccc(F)cc3CC(=O)OC(C)(C)C)ccc1N1CCCCC1)nn2CC(F)(F)F. The number of halogens is 4. The molecule has 1 aliphatic rings. The lowest BCUT2D eigenvalue weighted by atomic mass is 10.1. The Morgan fingerprint density at radius 2 is 1.58 bits per heavy atom. The van der Waals surface area contributed by atoms with Crippen molar-refractivity contribution >= 4 is 45.7 Å². The number of amides is 2. The fourth-order valence-electron chi connectivity index (χ4n) is 5.68. The number of anilines is 3. The van der Waals surface area contributed by atoms with Gasteiger partial charge in [0.1, 0.15) is 18.0 Å². The molecule has 1 aromatic heterocycles. The van der Waals surface area contributed by atoms with Crippen molar-refractivity contribution < 1.29 is 36.7 Å². The minimum Gasteiger partial charge on any atom is -0.460 e. The summed E-state index contributed by atoms with van der Waals surface area (Å²) in [5.74, 6) is -2.52. The van der Waals surface area contributed by atoms with Crippen LogP contribution in [0, 0.1) is 12.7 Å². The van der Waals surface area contributed by atoms with E-state index in [0.717, 1.165) is 41.6 Å². The number of rotatable bonds is 8. The number of carbonyl (C=O) groups is 3. The lowest BCUT2D eigenvalue weighted by Gasteiger charge is -2.30. The maximum atomic E-state index is 14.2. The Morgan fingerprint density at radius 1 is 0.875 bits per heavy atom. The third kappa shape index (κ3) is 8.50. The van der Waals surface area contributed by atoms with Gasteiger partial charge in [-0.25, -0.2) is 4.39 Å². The Bertz CT molecular complexity index is 1860. The fourth-order valence-corrected chi connectivity index (χ4v) is 5.68. The van der Waals surface area contributed by atoms with Gasteiger partial charge in [0.15, 0.2) is 5.69 Å². The Hall–Kier alpha value is -4.94. The highest BCUT2D eigenvalue weighted by Gasteiger charge is 2.31. The van der Waals surface area contributed by atoms with Crippen LogP contribution in [0.2, 0.25) is 0 Å². The molecule has 3 aromatic carbocycles. The predicted octanol–water partition coefficient (Wildman–Crippen LogP) is 7.43. The van der Waals surface area contributed by atoms with Crippen LogP contribution >= 0.6 is 0 Å². The van der Waals surface area contributed by atoms with E-state index in [-0.39, 0.29) is 45.5 Å². The zero-order valence-corrected chi connectivity index (χ0v) is 27.1. The highest BCUT2D eigenvalue weighted by Crippen LogP contribution is 2.32. The predicted molar refractivity (Wildman–Crippen MR) is 175 cm³/mol. The zero-order chi connectivity index (χ0) is 34.8. The van der Waals surface area contributed by atoms with Gasteiger partial charge in [-0.3, -0.25) is 19.1 Å². The van der Waals surface area contributed by atoms with Crippen molar-refractivity contribution in [1.82, 2.24) is 9.78 Å². The zero-order valence-electron chi connectivity index (χ0n) is 27.1. The minimum absolute atomic E-state index is 0.141. The second-order valence-corrected chi connectivity index (χ2v) is 12.9. The highest BCUT2D eigenvalue weighted by atomic mass is 19.4. The van der Waals surface area contributed by atoms with E-state index in [4.69, 9.17) is 4.74 Å². The summed E-state index contributed by atoms with van der Waals surface area (Å²) in [6.45, 7) is 6.94. The first kappa shape index (κ1) is 34.4. The molecular weight excluding hydrogens is 630 g/mol. The number of benzene rings is 3. The van der Waals surface area contributed by atoms with Gasteiger partial charge >= 0.3 is 12.1 Å². The molecule has 9 nitrogen and oxygen atoms in total. The highest BCUT2D eigenvalue weighted by molar-refractivity contribution is 6.13. The van der Waals surface area contributed by atoms with Crippen LogP contribution in [0.5, 0.6) is 0 Å². The number of piperidine rings is 1. The molecule has 2 N–H and O–H groups in total. The summed E-state index contributed by atoms with van der Waals surface area (Å²) < 4.78 is 60.4. The fraction of sp³-hybridized carbons (Fsp3) is 0.371. The van der Waals surface area contributed by atoms with Gasteiger partial charge in [-0.1, -0.05) is 11.6 Å². The van der Waals surface area contributed by atoms with E-state index >= 15 is 0 Å². The van der Waals surface area contributed by atoms with Crippen molar-refractivity contribution in [2.45, 2.75) is 71.7 Å². The standard InChI is InChI=1S/C35H37F4N5O4/c1-21-8-12-28-25(16-21)31(42-44(28)20-35(37,38)39)33(47)41-27-18-22(9-13-29(27)43-14-6-5-7-15-43)32(46)40-26-11-10-24(36)17-23(26)19-30(45)48-34(2,3)4/h8-13,16-18H,5-7,14-15,19-20H2,1-4H3,(H,40,46)(H,41,47). The maximum absolute atomic E-state index is 14.2. The maximum Gasteiger partial charge on any atom is 0.408 e. The number of nitrogens with one attached hydrogen (secondary N) is 2. The van der Waals surface area contributed by atoms with Gasteiger partial charge in [0.2, 0.25) is 0 Å². The van der Waals surface area contributed by atoms with Gasteiger partial charge in [0.25, 0.3) is 11.8 Å². The number of aromatic nitrogens is 2. The Labute approximate surface area is 275 Å². The summed E-state index contributed by atoms with van der Waals surface area (Å²) in [4.78, 5) is 41.9. The monoisotopic (exact) mass is 667 g/mol. The number of hydrogen-bond acceptors (Lipinski definition) is 6. The average molecular weight is 668 g/mol. The largest absolute Gasteiger partial charge is 0.460 e. The summed E-state index contributed by atoms with van der Waals surface area (Å²) in [7, 11) is 0. The molecule has 13 heteroatoms. The average Bonchev–Trinajstić information content (AvgIpc) is 3.33. The van der Waals surface area contributed by atoms with E-state index in [1.807, 2.05) is 0 Å². The molecule has 0 radical (unpaired) electrons. The molecule has 1 fully saturated rings. The number of carbonyl (C=O) groups excluding carboxylic acids is 3. The van der Waals surface area contributed by atoms with Gasteiger partial charge in [-0.05, 0) is 101 Å². The molecule has 4 aromatic rings. The molecule has 1 aliphatic heterocycles. The van der Waals surface area contributed by atoms with Gasteiger partial charge in [-0.15, -0.1) is 0 Å². The summed E-state index contributed by atoms with van der Waals surface area (Å²) in [5.41, 5.74) is 1.43. The van der Waals surface area contributed by atoms with Crippen LogP contribution in [0.15, 0.2) is 54.6 Å². The minimum atomic E-state index is -4.56. The van der Waals surface area contributed by atoms with Crippen molar-refractivity contribution in [1.29, 1.82) is 0 Å². The van der Waals surface area contributed by atoms with E-state index in [1.54, 1.807) is 52.0 Å². The number of alkyl halides is 3. The van der Waals surface area contributed by atoms with Crippen LogP contribution in [-0.4, -0.2) is 52.4 Å². The molecule has 0 saturated carbocycles. The van der Waals surface area contributed by atoms with Crippen molar-refractivity contribution in [2.24, 2.45) is 0 Å². The van der Waals surface area contributed by atoms with E-state index in [1.165, 1.54) is 18.2 Å². The molecule has 0 atom stereocenters. The summed E-state index contributed by atoms with van der Waals surface area (Å²) in [5, 5.41) is 9.85. The van der Waals surface area contributed by atoms with Crippen molar-refractivity contribution in [2.75, 3.05) is 28.6 Å². The Morgan fingerprint density at radius 3 is 2.27 bits per heavy atom. The van der Waals surface area contributed by atoms with E-state index in [0.29, 0.717) is 18.8 Å². The third-order valence-electron chi connectivity index (χ3n) is 7.72. The second kappa shape index (κ2) is 13.7. The van der Waals surface area contributed by atoms with Crippen molar-refractivity contribution in [3.63, 3.8) is 0 Å². The number of ether oxygens (including phenoxy) is 1. The molecular formula is C35H37F4N5O4. The van der Waals surface area contributed by atoms with Crippen LogP contribution in [-0.2, 0) is 22.5 Å². The Balaban J connectivity index is 1.47. The van der Waals surface area contributed by atoms with Gasteiger partial charge in [-0.2, -0.15) is 18.3 Å². The summed E-state index contributed by atoms with van der Waals surface area (Å²) >= 11 is 0. The van der Waals surface area contributed by atoms with Crippen molar-refractivity contribution in [3.8, 4) is 0 Å². The summed E-state index contributed by atoms with van der Waals surface area (Å²) in [6.07, 6.45) is -1.95. The normalized spacial score (nSPS) is 13.8. The second-order valence-electron chi connectivity index (χ2n) is 12.9. The van der Waals surface area contributed by atoms with Crippen LogP contribution in [0.4, 0.5) is 34.6 Å². The molecule has 2 heterocycles. The summed E-state index contributed by atoms with van der Waals surface area (Å²) in [6, 6.07) is 13.2. The quantitative estimate of drug-likeness (QED) is 0.150. The van der Waals surface area contributed by atoms with E-state index < -0.39 is 41.9 Å². The molecule has 1 saturated heterocycles. The number of fused-ring (bicyclic) bond motifs is 1. The molecule has 0 spiro atoms. The molecule has 0 bridgehead atoms.